The van der Waals surface area contributed by atoms with Gasteiger partial charge < -0.3 is 75.0 Å². The summed E-state index contributed by atoms with van der Waals surface area (Å²) in [5, 5.41) is 0. The highest BCUT2D eigenvalue weighted by Gasteiger charge is 2.12. The zero-order valence-electron chi connectivity index (χ0n) is 24.9. The molecule has 0 bridgehead atoms. The van der Waals surface area contributed by atoms with Gasteiger partial charge in [-0.15, -0.1) is 0 Å². The Morgan fingerprint density at radius 1 is 0.268 bits per heavy atom. The second-order valence-electron chi connectivity index (χ2n) is 8.50. The van der Waals surface area contributed by atoms with Crippen molar-refractivity contribution >= 4 is 0 Å². The van der Waals surface area contributed by atoms with Crippen LogP contribution >= 0.6 is 0 Å². The Bertz CT molecular complexity index is 419. The Labute approximate surface area is 245 Å². The standard InChI is InChI=1S/C26H58N4O11/c27-1-5-31-9-13-36-21-25(22-37-14-10-32-6-2-28)40-19-17-35-18-20-41-26(23-38-15-11-33-7-3-29)24-39-16-12-34-8-4-30/h25-26H,1-24,27-30H2. The fourth-order valence-corrected chi connectivity index (χ4v) is 3.01. The Morgan fingerprint density at radius 3 is 0.756 bits per heavy atom. The zero-order chi connectivity index (χ0) is 29.9. The number of nitrogens with two attached hydrogens (primary N) is 4. The summed E-state index contributed by atoms with van der Waals surface area (Å²) < 4.78 is 61.3. The van der Waals surface area contributed by atoms with Crippen molar-refractivity contribution in [2.45, 2.75) is 12.2 Å². The molecule has 0 aliphatic rings. The fourth-order valence-electron chi connectivity index (χ4n) is 3.01. The van der Waals surface area contributed by atoms with Crippen molar-refractivity contribution in [3.8, 4) is 0 Å². The van der Waals surface area contributed by atoms with E-state index in [1.165, 1.54) is 0 Å². The van der Waals surface area contributed by atoms with E-state index in [9.17, 15) is 0 Å². The molecular formula is C26H58N4O11. The molecule has 0 aliphatic heterocycles. The van der Waals surface area contributed by atoms with Gasteiger partial charge in [0.2, 0.25) is 0 Å². The quantitative estimate of drug-likeness (QED) is 0.0559. The van der Waals surface area contributed by atoms with Crippen LogP contribution in [0.25, 0.3) is 0 Å². The zero-order valence-corrected chi connectivity index (χ0v) is 24.9. The molecule has 0 rings (SSSR count). The third-order valence-corrected chi connectivity index (χ3v) is 4.91. The lowest BCUT2D eigenvalue weighted by molar-refractivity contribution is -0.0960. The van der Waals surface area contributed by atoms with E-state index in [-0.39, 0.29) is 12.2 Å². The SMILES string of the molecule is NCCOCCOCC(COCCOCCN)OCCOCCOC(COCCOCCN)COCCOCCN. The molecule has 0 aromatic carbocycles. The summed E-state index contributed by atoms with van der Waals surface area (Å²) in [6.07, 6.45) is -0.500. The van der Waals surface area contributed by atoms with E-state index in [1.807, 2.05) is 0 Å². The summed E-state index contributed by atoms with van der Waals surface area (Å²) in [7, 11) is 0. The molecule has 15 nitrogen and oxygen atoms in total. The molecule has 0 aromatic rings. The van der Waals surface area contributed by atoms with Gasteiger partial charge in [0.25, 0.3) is 0 Å². The molecule has 0 amide bonds. The number of hydrogen-bond donors (Lipinski definition) is 4. The molecule has 0 fully saturated rings. The van der Waals surface area contributed by atoms with Gasteiger partial charge in [0.15, 0.2) is 0 Å². The minimum atomic E-state index is -0.250. The van der Waals surface area contributed by atoms with E-state index in [2.05, 4.69) is 0 Å². The molecule has 0 unspecified atom stereocenters. The maximum Gasteiger partial charge on any atom is 0.104 e. The predicted octanol–water partition coefficient (Wildman–Crippen LogP) is -2.26. The second kappa shape index (κ2) is 35.6. The largest absolute Gasteiger partial charge is 0.378 e. The molecular weight excluding hydrogens is 544 g/mol. The van der Waals surface area contributed by atoms with Crippen LogP contribution in [-0.2, 0) is 52.1 Å². The monoisotopic (exact) mass is 602 g/mol. The number of ether oxygens (including phenoxy) is 11. The topological polar surface area (TPSA) is 206 Å². The van der Waals surface area contributed by atoms with E-state index in [0.717, 1.165) is 0 Å². The smallest absolute Gasteiger partial charge is 0.104 e. The molecule has 41 heavy (non-hydrogen) atoms. The molecule has 0 heterocycles. The lowest BCUT2D eigenvalue weighted by Crippen LogP contribution is -2.30. The van der Waals surface area contributed by atoms with Crippen molar-refractivity contribution in [3.63, 3.8) is 0 Å². The maximum atomic E-state index is 5.90. The van der Waals surface area contributed by atoms with Crippen LogP contribution in [0.5, 0.6) is 0 Å². The van der Waals surface area contributed by atoms with Gasteiger partial charge in [0.05, 0.1) is 132 Å². The molecule has 0 atom stereocenters. The third-order valence-electron chi connectivity index (χ3n) is 4.91. The summed E-state index contributed by atoms with van der Waals surface area (Å²) >= 11 is 0. The first-order valence-corrected chi connectivity index (χ1v) is 14.5. The molecule has 0 saturated heterocycles. The minimum Gasteiger partial charge on any atom is -0.378 e. The fraction of sp³-hybridized carbons (Fsp3) is 1.00. The van der Waals surface area contributed by atoms with Gasteiger partial charge in [-0.25, -0.2) is 0 Å². The van der Waals surface area contributed by atoms with Gasteiger partial charge >= 0.3 is 0 Å². The normalized spacial score (nSPS) is 11.9. The van der Waals surface area contributed by atoms with Gasteiger partial charge in [0.1, 0.15) is 12.2 Å². The Morgan fingerprint density at radius 2 is 0.488 bits per heavy atom. The van der Waals surface area contributed by atoms with Crippen molar-refractivity contribution in [2.75, 3.05) is 158 Å². The van der Waals surface area contributed by atoms with Gasteiger partial charge in [-0.2, -0.15) is 0 Å². The highest BCUT2D eigenvalue weighted by atomic mass is 16.6. The van der Waals surface area contributed by atoms with Crippen LogP contribution < -0.4 is 22.9 Å². The average Bonchev–Trinajstić information content (AvgIpc) is 2.98. The van der Waals surface area contributed by atoms with E-state index in [4.69, 9.17) is 75.0 Å². The van der Waals surface area contributed by atoms with Crippen molar-refractivity contribution in [1.82, 2.24) is 0 Å². The lowest BCUT2D eigenvalue weighted by atomic mass is 10.4. The summed E-state index contributed by atoms with van der Waals surface area (Å²) in [6, 6.07) is 0. The molecule has 15 heteroatoms. The Hall–Kier alpha value is -0.600. The Kier molecular flexibility index (Phi) is 35.1. The molecule has 0 aromatic heterocycles. The minimum absolute atomic E-state index is 0.250. The molecule has 0 aliphatic carbocycles. The summed E-state index contributed by atoms with van der Waals surface area (Å²) in [4.78, 5) is 0. The van der Waals surface area contributed by atoms with Crippen molar-refractivity contribution in [2.24, 2.45) is 22.9 Å². The third kappa shape index (κ3) is 32.2. The van der Waals surface area contributed by atoms with Gasteiger partial charge in [0, 0.05) is 26.2 Å². The first kappa shape index (κ1) is 40.4. The van der Waals surface area contributed by atoms with E-state index in [1.54, 1.807) is 0 Å². The first-order chi connectivity index (χ1) is 20.3. The molecule has 0 radical (unpaired) electrons. The molecule has 0 saturated carbocycles. The molecule has 8 N–H and O–H groups in total. The summed E-state index contributed by atoms with van der Waals surface area (Å²) in [5.41, 5.74) is 21.7. The second-order valence-corrected chi connectivity index (χ2v) is 8.50. The van der Waals surface area contributed by atoms with Crippen LogP contribution in [0.2, 0.25) is 0 Å². The van der Waals surface area contributed by atoms with Crippen molar-refractivity contribution < 1.29 is 52.1 Å². The van der Waals surface area contributed by atoms with Crippen molar-refractivity contribution in [3.05, 3.63) is 0 Å². The average molecular weight is 603 g/mol. The highest BCUT2D eigenvalue weighted by molar-refractivity contribution is 4.57. The first-order valence-electron chi connectivity index (χ1n) is 14.5. The van der Waals surface area contributed by atoms with Crippen LogP contribution in [0.4, 0.5) is 0 Å². The van der Waals surface area contributed by atoms with Crippen LogP contribution in [0.1, 0.15) is 0 Å². The van der Waals surface area contributed by atoms with E-state index < -0.39 is 0 Å². The molecule has 0 spiro atoms. The predicted molar refractivity (Wildman–Crippen MR) is 153 cm³/mol. The number of hydrogen-bond acceptors (Lipinski definition) is 15. The van der Waals surface area contributed by atoms with Gasteiger partial charge in [-0.05, 0) is 0 Å². The Balaban J connectivity index is 4.18. The van der Waals surface area contributed by atoms with Crippen LogP contribution in [0.15, 0.2) is 0 Å². The highest BCUT2D eigenvalue weighted by Crippen LogP contribution is 1.99. The van der Waals surface area contributed by atoms with Crippen LogP contribution in [0.3, 0.4) is 0 Å². The van der Waals surface area contributed by atoms with Gasteiger partial charge in [-0.3, -0.25) is 0 Å². The van der Waals surface area contributed by atoms with E-state index in [0.29, 0.717) is 158 Å². The van der Waals surface area contributed by atoms with E-state index >= 15 is 0 Å². The lowest BCUT2D eigenvalue weighted by Gasteiger charge is -2.19. The van der Waals surface area contributed by atoms with Gasteiger partial charge in [-0.1, -0.05) is 0 Å². The number of rotatable bonds is 36. The summed E-state index contributed by atoms with van der Waals surface area (Å²) in [5.74, 6) is 0. The van der Waals surface area contributed by atoms with Crippen LogP contribution in [-0.4, -0.2) is 171 Å². The maximum absolute atomic E-state index is 5.90. The summed E-state index contributed by atoms with van der Waals surface area (Å²) in [6.45, 7) is 10.7. The van der Waals surface area contributed by atoms with Crippen molar-refractivity contribution in [1.29, 1.82) is 0 Å². The van der Waals surface area contributed by atoms with Crippen LogP contribution in [0, 0.1) is 0 Å². The molecule has 248 valence electrons.